The molecule has 1 aliphatic heterocycles. The average Bonchev–Trinajstić information content (AvgIpc) is 3.21. The molecule has 0 aliphatic carbocycles. The number of carbonyl (C=O) groups is 1. The van der Waals surface area contributed by atoms with Gasteiger partial charge in [0.25, 0.3) is 0 Å². The highest BCUT2D eigenvalue weighted by atomic mass is 19.4. The van der Waals surface area contributed by atoms with Gasteiger partial charge >= 0.3 is 12.1 Å². The van der Waals surface area contributed by atoms with Crippen molar-refractivity contribution in [2.24, 2.45) is 5.92 Å². The Bertz CT molecular complexity index is 1200. The number of rotatable bonds is 9. The van der Waals surface area contributed by atoms with Gasteiger partial charge in [0.05, 0.1) is 24.8 Å². The highest BCUT2D eigenvalue weighted by Crippen LogP contribution is 2.32. The van der Waals surface area contributed by atoms with E-state index in [1.54, 1.807) is 29.1 Å². The Morgan fingerprint density at radius 2 is 2.11 bits per heavy atom. The van der Waals surface area contributed by atoms with Crippen molar-refractivity contribution in [3.8, 4) is 0 Å². The van der Waals surface area contributed by atoms with E-state index in [4.69, 9.17) is 14.7 Å². The fourth-order valence-electron chi connectivity index (χ4n) is 4.13. The van der Waals surface area contributed by atoms with Crippen molar-refractivity contribution in [3.05, 3.63) is 30.1 Å². The number of nitrogens with zero attached hydrogens (tertiary/aromatic N) is 6. The molecule has 0 unspecified atom stereocenters. The molecule has 1 atom stereocenters. The van der Waals surface area contributed by atoms with E-state index in [-0.39, 0.29) is 25.6 Å². The van der Waals surface area contributed by atoms with Crippen LogP contribution in [0.3, 0.4) is 0 Å². The van der Waals surface area contributed by atoms with Crippen LogP contribution in [0, 0.1) is 5.92 Å². The first kappa shape index (κ1) is 25.6. The second-order valence-corrected chi connectivity index (χ2v) is 8.96. The first-order valence-corrected chi connectivity index (χ1v) is 11.7. The molecule has 0 amide bonds. The second kappa shape index (κ2) is 10.6. The molecular formula is C23H28F3N7O3. The lowest BCUT2D eigenvalue weighted by molar-refractivity contribution is -0.174. The number of nitrogens with one attached hydrogen (secondary N) is 1. The van der Waals surface area contributed by atoms with Gasteiger partial charge in [-0.3, -0.25) is 9.48 Å². The molecule has 1 fully saturated rings. The highest BCUT2D eigenvalue weighted by Gasteiger charge is 2.30. The van der Waals surface area contributed by atoms with Gasteiger partial charge in [-0.15, -0.1) is 0 Å². The largest absolute Gasteiger partial charge is 0.481 e. The van der Waals surface area contributed by atoms with E-state index in [1.165, 1.54) is 0 Å². The smallest absolute Gasteiger partial charge is 0.411 e. The minimum absolute atomic E-state index is 0.0385. The molecule has 2 N–H and O–H groups in total. The van der Waals surface area contributed by atoms with Crippen molar-refractivity contribution in [2.45, 2.75) is 45.3 Å². The maximum atomic E-state index is 12.5. The van der Waals surface area contributed by atoms with Crippen molar-refractivity contribution in [2.75, 3.05) is 36.5 Å². The Kier molecular flexibility index (Phi) is 7.57. The zero-order chi connectivity index (χ0) is 25.9. The quantitative estimate of drug-likeness (QED) is 0.415. The molecule has 13 heteroatoms. The third kappa shape index (κ3) is 6.01. The number of piperidine rings is 1. The molecule has 1 aliphatic rings. The molecule has 3 aromatic heterocycles. The predicted octanol–water partition coefficient (Wildman–Crippen LogP) is 3.97. The second-order valence-electron chi connectivity index (χ2n) is 8.96. The summed E-state index contributed by atoms with van der Waals surface area (Å²) in [4.78, 5) is 27.2. The number of carboxylic acid groups (broad SMARTS) is 1. The van der Waals surface area contributed by atoms with Gasteiger partial charge in [0.2, 0.25) is 5.95 Å². The summed E-state index contributed by atoms with van der Waals surface area (Å²) in [5.41, 5.74) is 1.71. The van der Waals surface area contributed by atoms with Gasteiger partial charge in [-0.05, 0) is 30.9 Å². The molecule has 0 bridgehead atoms. The number of fused-ring (bicyclic) bond motifs is 1. The van der Waals surface area contributed by atoms with E-state index in [0.717, 1.165) is 0 Å². The molecule has 0 radical (unpaired) electrons. The Balaban J connectivity index is 1.76. The van der Waals surface area contributed by atoms with Gasteiger partial charge in [0.1, 0.15) is 23.5 Å². The molecule has 194 valence electrons. The lowest BCUT2D eigenvalue weighted by Gasteiger charge is -2.31. The Morgan fingerprint density at radius 1 is 1.31 bits per heavy atom. The summed E-state index contributed by atoms with van der Waals surface area (Å²) in [7, 11) is 0. The van der Waals surface area contributed by atoms with Gasteiger partial charge < -0.3 is 20.1 Å². The van der Waals surface area contributed by atoms with E-state index in [2.05, 4.69) is 15.4 Å². The lowest BCUT2D eigenvalue weighted by Crippen LogP contribution is -2.39. The summed E-state index contributed by atoms with van der Waals surface area (Å²) < 4.78 is 43.9. The summed E-state index contributed by atoms with van der Waals surface area (Å²) in [6.07, 6.45) is -1.53. The van der Waals surface area contributed by atoms with Crippen LogP contribution < -0.4 is 10.2 Å². The molecule has 3 aromatic rings. The van der Waals surface area contributed by atoms with Crippen LogP contribution in [0.5, 0.6) is 0 Å². The van der Waals surface area contributed by atoms with E-state index in [9.17, 15) is 23.1 Å². The van der Waals surface area contributed by atoms with Crippen molar-refractivity contribution in [3.63, 3.8) is 0 Å². The summed E-state index contributed by atoms with van der Waals surface area (Å²) in [5, 5.41) is 17.3. The van der Waals surface area contributed by atoms with Crippen LogP contribution in [-0.2, 0) is 16.1 Å². The summed E-state index contributed by atoms with van der Waals surface area (Å²) in [6.45, 7) is 3.29. The van der Waals surface area contributed by atoms with Crippen LogP contribution in [0.2, 0.25) is 0 Å². The van der Waals surface area contributed by atoms with Crippen LogP contribution in [0.25, 0.3) is 11.0 Å². The SMILES string of the molecule is CC(C)c1nn(CCOCC(F)(F)F)c2c(Nc3ccccn3)nc(N3CCC[C@@H](C(=O)O)C3)nc12. The molecule has 0 aromatic carbocycles. The zero-order valence-corrected chi connectivity index (χ0v) is 20.0. The molecule has 4 heterocycles. The summed E-state index contributed by atoms with van der Waals surface area (Å²) >= 11 is 0. The molecule has 0 spiro atoms. The minimum atomic E-state index is -4.42. The van der Waals surface area contributed by atoms with Crippen molar-refractivity contribution >= 4 is 34.6 Å². The number of hydrogen-bond donors (Lipinski definition) is 2. The van der Waals surface area contributed by atoms with Crippen molar-refractivity contribution < 1.29 is 27.8 Å². The number of carboxylic acids is 1. The third-order valence-electron chi connectivity index (χ3n) is 5.83. The van der Waals surface area contributed by atoms with E-state index in [0.29, 0.717) is 53.7 Å². The van der Waals surface area contributed by atoms with Crippen LogP contribution in [-0.4, -0.2) is 68.3 Å². The first-order chi connectivity index (χ1) is 17.1. The van der Waals surface area contributed by atoms with E-state index < -0.39 is 24.7 Å². The Hall–Kier alpha value is -3.48. The number of hydrogen-bond acceptors (Lipinski definition) is 8. The normalized spacial score (nSPS) is 16.6. The van der Waals surface area contributed by atoms with Crippen LogP contribution in [0.15, 0.2) is 24.4 Å². The van der Waals surface area contributed by atoms with Gasteiger partial charge in [0.15, 0.2) is 5.82 Å². The first-order valence-electron chi connectivity index (χ1n) is 11.7. The zero-order valence-electron chi connectivity index (χ0n) is 20.0. The maximum Gasteiger partial charge on any atom is 0.411 e. The average molecular weight is 508 g/mol. The van der Waals surface area contributed by atoms with Crippen LogP contribution >= 0.6 is 0 Å². The summed E-state index contributed by atoms with van der Waals surface area (Å²) in [6, 6.07) is 5.33. The monoisotopic (exact) mass is 507 g/mol. The van der Waals surface area contributed by atoms with Crippen molar-refractivity contribution in [1.82, 2.24) is 24.7 Å². The number of aliphatic carboxylic acids is 1. The number of pyridine rings is 1. The van der Waals surface area contributed by atoms with Gasteiger partial charge in [0, 0.05) is 19.3 Å². The minimum Gasteiger partial charge on any atom is -0.481 e. The number of ether oxygens (including phenoxy) is 1. The molecule has 10 nitrogen and oxygen atoms in total. The standard InChI is InChI=1S/C23H28F3N7O3/c1-14(2)17-18-19(33(31-17)10-11-36-13-23(24,25)26)20(28-16-7-3-4-8-27-16)30-22(29-18)32-9-5-6-15(12-32)21(34)35/h3-4,7-8,14-15H,5-6,9-13H2,1-2H3,(H,34,35)(H,27,28,29,30)/t15-/m1/s1. The van der Waals surface area contributed by atoms with Gasteiger partial charge in [-0.25, -0.2) is 9.97 Å². The topological polar surface area (TPSA) is 118 Å². The van der Waals surface area contributed by atoms with Crippen LogP contribution in [0.4, 0.5) is 30.8 Å². The molecular weight excluding hydrogens is 479 g/mol. The van der Waals surface area contributed by atoms with E-state index in [1.807, 2.05) is 18.7 Å². The fourth-order valence-corrected chi connectivity index (χ4v) is 4.13. The molecule has 36 heavy (non-hydrogen) atoms. The van der Waals surface area contributed by atoms with Gasteiger partial charge in [-0.1, -0.05) is 19.9 Å². The summed E-state index contributed by atoms with van der Waals surface area (Å²) in [5.74, 6) is -0.172. The fraction of sp³-hybridized carbons (Fsp3) is 0.522. The molecule has 4 rings (SSSR count). The van der Waals surface area contributed by atoms with Crippen LogP contribution in [0.1, 0.15) is 38.3 Å². The predicted molar refractivity (Wildman–Crippen MR) is 126 cm³/mol. The number of anilines is 3. The number of alkyl halides is 3. The van der Waals surface area contributed by atoms with E-state index >= 15 is 0 Å². The highest BCUT2D eigenvalue weighted by molar-refractivity contribution is 5.90. The molecule has 0 saturated carbocycles. The Morgan fingerprint density at radius 3 is 2.78 bits per heavy atom. The third-order valence-corrected chi connectivity index (χ3v) is 5.83. The Labute approximate surface area is 205 Å². The van der Waals surface area contributed by atoms with Gasteiger partial charge in [-0.2, -0.15) is 23.3 Å². The van der Waals surface area contributed by atoms with Crippen molar-refractivity contribution in [1.29, 1.82) is 0 Å². The number of halogens is 3. The molecule has 1 saturated heterocycles. The maximum absolute atomic E-state index is 12.5. The lowest BCUT2D eigenvalue weighted by atomic mass is 9.99. The number of aromatic nitrogens is 5.